The minimum atomic E-state index is -0.360. The molecule has 0 aliphatic carbocycles. The maximum Gasteiger partial charge on any atom is 0.324 e. The Morgan fingerprint density at radius 2 is 2.22 bits per heavy atom. The van der Waals surface area contributed by atoms with Crippen molar-refractivity contribution in [1.29, 1.82) is 0 Å². The summed E-state index contributed by atoms with van der Waals surface area (Å²) in [7, 11) is 0. The van der Waals surface area contributed by atoms with Gasteiger partial charge in [-0.2, -0.15) is 0 Å². The van der Waals surface area contributed by atoms with Gasteiger partial charge in [0.25, 0.3) is 0 Å². The molecule has 0 radical (unpaired) electrons. The molecule has 1 N–H and O–H groups in total. The number of nitro groups is 1. The molecule has 0 amide bonds. The van der Waals surface area contributed by atoms with Crippen molar-refractivity contribution in [2.75, 3.05) is 0 Å². The predicted octanol–water partition coefficient (Wildman–Crippen LogP) is 2.65. The van der Waals surface area contributed by atoms with E-state index in [1.807, 2.05) is 19.2 Å². The fourth-order valence-electron chi connectivity index (χ4n) is 1.58. The fraction of sp³-hybridized carbons (Fsp3) is 0.250. The van der Waals surface area contributed by atoms with Crippen LogP contribution in [0.25, 0.3) is 0 Å². The van der Waals surface area contributed by atoms with E-state index in [1.54, 1.807) is 18.3 Å². The summed E-state index contributed by atoms with van der Waals surface area (Å²) in [5.41, 5.74) is 2.33. The van der Waals surface area contributed by atoms with E-state index in [4.69, 9.17) is 0 Å². The minimum absolute atomic E-state index is 0.187. The molecule has 0 saturated heterocycles. The van der Waals surface area contributed by atoms with Gasteiger partial charge in [-0.15, -0.1) is 0 Å². The van der Waals surface area contributed by atoms with Crippen molar-refractivity contribution in [1.82, 2.24) is 10.3 Å². The van der Waals surface area contributed by atoms with E-state index in [0.717, 1.165) is 17.0 Å². The normalized spacial score (nSPS) is 10.5. The zero-order valence-corrected chi connectivity index (χ0v) is 10.7. The minimum Gasteiger partial charge on any atom is -0.308 e. The highest BCUT2D eigenvalue weighted by molar-refractivity contribution is 7.15. The number of thiophene rings is 1. The lowest BCUT2D eigenvalue weighted by atomic mass is 10.1. The highest BCUT2D eigenvalue weighted by Gasteiger charge is 2.09. The third-order valence-electron chi connectivity index (χ3n) is 2.58. The lowest BCUT2D eigenvalue weighted by Gasteiger charge is -2.05. The maximum atomic E-state index is 10.5. The summed E-state index contributed by atoms with van der Waals surface area (Å²) in [6.07, 6.45) is 3.59. The second-order valence-corrected chi connectivity index (χ2v) is 5.05. The third-order valence-corrected chi connectivity index (χ3v) is 3.62. The standard InChI is InChI=1S/C12H13N3O2S/c1-9-6-13-5-4-10(9)7-14-8-11-2-3-12(18-11)15(16)17/h2-6,14H,7-8H2,1H3. The van der Waals surface area contributed by atoms with Gasteiger partial charge in [-0.1, -0.05) is 11.3 Å². The molecular formula is C12H13N3O2S. The Morgan fingerprint density at radius 1 is 1.39 bits per heavy atom. The molecule has 0 bridgehead atoms. The predicted molar refractivity (Wildman–Crippen MR) is 70.5 cm³/mol. The summed E-state index contributed by atoms with van der Waals surface area (Å²) >= 11 is 1.21. The van der Waals surface area contributed by atoms with Crippen LogP contribution in [0.3, 0.4) is 0 Å². The number of hydrogen-bond donors (Lipinski definition) is 1. The first-order valence-electron chi connectivity index (χ1n) is 5.50. The maximum absolute atomic E-state index is 10.5. The van der Waals surface area contributed by atoms with Gasteiger partial charge in [0.2, 0.25) is 0 Å². The van der Waals surface area contributed by atoms with Crippen molar-refractivity contribution in [2.45, 2.75) is 20.0 Å². The zero-order chi connectivity index (χ0) is 13.0. The van der Waals surface area contributed by atoms with Crippen molar-refractivity contribution in [2.24, 2.45) is 0 Å². The molecule has 0 fully saturated rings. The molecule has 6 heteroatoms. The first-order chi connectivity index (χ1) is 8.66. The van der Waals surface area contributed by atoms with Gasteiger partial charge in [-0.25, -0.2) is 0 Å². The van der Waals surface area contributed by atoms with Crippen molar-refractivity contribution in [3.63, 3.8) is 0 Å². The molecule has 0 aromatic carbocycles. The second kappa shape index (κ2) is 5.70. The van der Waals surface area contributed by atoms with E-state index < -0.39 is 0 Å². The van der Waals surface area contributed by atoms with Crippen LogP contribution >= 0.6 is 11.3 Å². The number of nitrogens with zero attached hydrogens (tertiary/aromatic N) is 2. The van der Waals surface area contributed by atoms with Gasteiger partial charge in [0, 0.05) is 36.4 Å². The molecule has 18 heavy (non-hydrogen) atoms. The average molecular weight is 263 g/mol. The van der Waals surface area contributed by atoms with Crippen molar-refractivity contribution < 1.29 is 4.92 Å². The highest BCUT2D eigenvalue weighted by Crippen LogP contribution is 2.23. The molecule has 0 spiro atoms. The summed E-state index contributed by atoms with van der Waals surface area (Å²) in [4.78, 5) is 15.2. The third kappa shape index (κ3) is 3.12. The van der Waals surface area contributed by atoms with E-state index in [-0.39, 0.29) is 9.92 Å². The van der Waals surface area contributed by atoms with Crippen molar-refractivity contribution >= 4 is 16.3 Å². The van der Waals surface area contributed by atoms with Crippen LogP contribution in [0.1, 0.15) is 16.0 Å². The SMILES string of the molecule is Cc1cnccc1CNCc1ccc([N+](=O)[O-])s1. The summed E-state index contributed by atoms with van der Waals surface area (Å²) in [5, 5.41) is 14.0. The molecule has 2 aromatic heterocycles. The molecule has 0 aliphatic heterocycles. The number of rotatable bonds is 5. The summed E-state index contributed by atoms with van der Waals surface area (Å²) in [6, 6.07) is 5.30. The lowest BCUT2D eigenvalue weighted by Crippen LogP contribution is -2.12. The Labute approximate surface area is 109 Å². The first-order valence-corrected chi connectivity index (χ1v) is 6.32. The zero-order valence-electron chi connectivity index (χ0n) is 9.92. The molecular weight excluding hydrogens is 250 g/mol. The van der Waals surface area contributed by atoms with Crippen LogP contribution in [-0.2, 0) is 13.1 Å². The van der Waals surface area contributed by atoms with Gasteiger partial charge in [0.1, 0.15) is 0 Å². The smallest absolute Gasteiger partial charge is 0.308 e. The fourth-order valence-corrected chi connectivity index (χ4v) is 2.37. The van der Waals surface area contributed by atoms with Crippen molar-refractivity contribution in [3.8, 4) is 0 Å². The average Bonchev–Trinajstić information content (AvgIpc) is 2.80. The van der Waals surface area contributed by atoms with Crippen LogP contribution in [-0.4, -0.2) is 9.91 Å². The van der Waals surface area contributed by atoms with E-state index in [2.05, 4.69) is 10.3 Å². The van der Waals surface area contributed by atoms with Crippen LogP contribution in [0.4, 0.5) is 5.00 Å². The molecule has 94 valence electrons. The highest BCUT2D eigenvalue weighted by atomic mass is 32.1. The van der Waals surface area contributed by atoms with Crippen LogP contribution in [0.2, 0.25) is 0 Å². The largest absolute Gasteiger partial charge is 0.324 e. The molecule has 2 rings (SSSR count). The van der Waals surface area contributed by atoms with E-state index in [1.165, 1.54) is 16.9 Å². The molecule has 2 aromatic rings. The summed E-state index contributed by atoms with van der Waals surface area (Å²) < 4.78 is 0. The Kier molecular flexibility index (Phi) is 4.01. The first kappa shape index (κ1) is 12.7. The lowest BCUT2D eigenvalue weighted by molar-refractivity contribution is -0.380. The number of pyridine rings is 1. The monoisotopic (exact) mass is 263 g/mol. The van der Waals surface area contributed by atoms with Gasteiger partial charge in [0.15, 0.2) is 0 Å². The molecule has 2 heterocycles. The Bertz CT molecular complexity index is 554. The van der Waals surface area contributed by atoms with E-state index >= 15 is 0 Å². The van der Waals surface area contributed by atoms with Gasteiger partial charge in [0.05, 0.1) is 4.92 Å². The van der Waals surface area contributed by atoms with Crippen LogP contribution < -0.4 is 5.32 Å². The molecule has 0 saturated carbocycles. The number of aromatic nitrogens is 1. The van der Waals surface area contributed by atoms with E-state index in [9.17, 15) is 10.1 Å². The molecule has 0 atom stereocenters. The van der Waals surface area contributed by atoms with Gasteiger partial charge >= 0.3 is 5.00 Å². The van der Waals surface area contributed by atoms with E-state index in [0.29, 0.717) is 6.54 Å². The van der Waals surface area contributed by atoms with Crippen LogP contribution in [0.15, 0.2) is 30.6 Å². The quantitative estimate of drug-likeness (QED) is 0.665. The molecule has 0 aliphatic rings. The molecule has 5 nitrogen and oxygen atoms in total. The molecule has 0 unspecified atom stereocenters. The van der Waals surface area contributed by atoms with Crippen LogP contribution in [0, 0.1) is 17.0 Å². The Balaban J connectivity index is 1.88. The van der Waals surface area contributed by atoms with Gasteiger partial charge in [-0.3, -0.25) is 15.1 Å². The summed E-state index contributed by atoms with van der Waals surface area (Å²) in [5.74, 6) is 0. The van der Waals surface area contributed by atoms with Gasteiger partial charge < -0.3 is 5.32 Å². The second-order valence-electron chi connectivity index (χ2n) is 3.90. The number of hydrogen-bond acceptors (Lipinski definition) is 5. The summed E-state index contributed by atoms with van der Waals surface area (Å²) in [6.45, 7) is 3.39. The Hall–Kier alpha value is -1.79. The Morgan fingerprint density at radius 3 is 2.89 bits per heavy atom. The number of nitrogens with one attached hydrogen (secondary N) is 1. The topological polar surface area (TPSA) is 68.1 Å². The van der Waals surface area contributed by atoms with Gasteiger partial charge in [-0.05, 0) is 30.2 Å². The van der Waals surface area contributed by atoms with Crippen molar-refractivity contribution in [3.05, 3.63) is 56.7 Å². The number of aryl methyl sites for hydroxylation is 1. The van der Waals surface area contributed by atoms with Crippen LogP contribution in [0.5, 0.6) is 0 Å².